The fourth-order valence-corrected chi connectivity index (χ4v) is 3.90. The number of hydrogen-bond donors (Lipinski definition) is 2. The van der Waals surface area contributed by atoms with Gasteiger partial charge in [0, 0.05) is 12.6 Å². The van der Waals surface area contributed by atoms with Gasteiger partial charge in [-0.3, -0.25) is 0 Å². The summed E-state index contributed by atoms with van der Waals surface area (Å²) in [7, 11) is -3.66. The molecule has 1 unspecified atom stereocenters. The normalized spacial score (nSPS) is 20.6. The van der Waals surface area contributed by atoms with Crippen LogP contribution in [-0.4, -0.2) is 48.1 Å². The number of carboxylic acids is 1. The molecule has 1 aliphatic rings. The van der Waals surface area contributed by atoms with E-state index in [1.807, 2.05) is 0 Å². The third kappa shape index (κ3) is 2.63. The highest BCUT2D eigenvalue weighted by atomic mass is 32.2. The summed E-state index contributed by atoms with van der Waals surface area (Å²) >= 11 is 0. The zero-order chi connectivity index (χ0) is 14.0. The number of benzene rings is 1. The maximum Gasteiger partial charge on any atom is 0.335 e. The van der Waals surface area contributed by atoms with Gasteiger partial charge in [0.05, 0.1) is 17.1 Å². The lowest BCUT2D eigenvalue weighted by atomic mass is 10.2. The first-order valence-electron chi connectivity index (χ1n) is 5.93. The third-order valence-corrected chi connectivity index (χ3v) is 5.21. The number of nitrogens with zero attached hydrogens (tertiary/aromatic N) is 1. The van der Waals surface area contributed by atoms with E-state index < -0.39 is 16.0 Å². The van der Waals surface area contributed by atoms with Crippen LogP contribution in [0.3, 0.4) is 0 Å². The minimum absolute atomic E-state index is 0.0408. The number of sulfonamides is 1. The van der Waals surface area contributed by atoms with Crippen molar-refractivity contribution in [1.29, 1.82) is 0 Å². The van der Waals surface area contributed by atoms with E-state index in [-0.39, 0.29) is 23.1 Å². The molecule has 0 bridgehead atoms. The number of hydrogen-bond acceptors (Lipinski definition) is 4. The van der Waals surface area contributed by atoms with Crippen LogP contribution < -0.4 is 0 Å². The van der Waals surface area contributed by atoms with Gasteiger partial charge in [0.1, 0.15) is 0 Å². The van der Waals surface area contributed by atoms with Crippen molar-refractivity contribution in [3.63, 3.8) is 0 Å². The maximum atomic E-state index is 12.4. The molecule has 0 amide bonds. The van der Waals surface area contributed by atoms with Gasteiger partial charge in [-0.05, 0) is 37.1 Å². The molecule has 0 spiro atoms. The standard InChI is InChI=1S/C12H15NO5S/c14-8-10-2-1-7-13(10)19(17,18)11-5-3-9(4-6-11)12(15)16/h3-6,10,14H,1-2,7-8H2,(H,15,16). The van der Waals surface area contributed by atoms with Crippen LogP contribution in [0.1, 0.15) is 23.2 Å². The molecule has 1 aromatic carbocycles. The molecule has 0 radical (unpaired) electrons. The Kier molecular flexibility index (Phi) is 3.88. The molecule has 0 saturated carbocycles. The lowest BCUT2D eigenvalue weighted by Gasteiger charge is -2.22. The molecule has 1 saturated heterocycles. The molecule has 6 nitrogen and oxygen atoms in total. The van der Waals surface area contributed by atoms with Gasteiger partial charge in [-0.15, -0.1) is 0 Å². The summed E-state index contributed by atoms with van der Waals surface area (Å²) in [6.07, 6.45) is 1.36. The summed E-state index contributed by atoms with van der Waals surface area (Å²) in [5, 5.41) is 18.0. The van der Waals surface area contributed by atoms with Crippen LogP contribution in [0.5, 0.6) is 0 Å². The summed E-state index contributed by atoms with van der Waals surface area (Å²) in [4.78, 5) is 10.8. The topological polar surface area (TPSA) is 94.9 Å². The predicted molar refractivity (Wildman–Crippen MR) is 67.4 cm³/mol. The Morgan fingerprint density at radius 1 is 1.32 bits per heavy atom. The number of rotatable bonds is 4. The Morgan fingerprint density at radius 2 is 1.95 bits per heavy atom. The zero-order valence-corrected chi connectivity index (χ0v) is 11.0. The highest BCUT2D eigenvalue weighted by molar-refractivity contribution is 7.89. The quantitative estimate of drug-likeness (QED) is 0.841. The number of carbonyl (C=O) groups is 1. The fourth-order valence-electron chi connectivity index (χ4n) is 2.21. The SMILES string of the molecule is O=C(O)c1ccc(S(=O)(=O)N2CCCC2CO)cc1. The van der Waals surface area contributed by atoms with Crippen molar-refractivity contribution in [3.05, 3.63) is 29.8 Å². The van der Waals surface area contributed by atoms with Gasteiger partial charge >= 0.3 is 5.97 Å². The Morgan fingerprint density at radius 3 is 2.47 bits per heavy atom. The van der Waals surface area contributed by atoms with Crippen molar-refractivity contribution in [3.8, 4) is 0 Å². The van der Waals surface area contributed by atoms with Crippen molar-refractivity contribution in [2.24, 2.45) is 0 Å². The van der Waals surface area contributed by atoms with Gasteiger partial charge in [0.25, 0.3) is 0 Å². The first-order chi connectivity index (χ1) is 8.96. The predicted octanol–water partition coefficient (Wildman–Crippen LogP) is 0.530. The molecule has 1 aliphatic heterocycles. The second kappa shape index (κ2) is 5.28. The molecule has 104 valence electrons. The van der Waals surface area contributed by atoms with E-state index in [1.165, 1.54) is 28.6 Å². The van der Waals surface area contributed by atoms with E-state index >= 15 is 0 Å². The second-order valence-electron chi connectivity index (χ2n) is 4.42. The van der Waals surface area contributed by atoms with Crippen molar-refractivity contribution in [1.82, 2.24) is 4.31 Å². The van der Waals surface area contributed by atoms with E-state index in [2.05, 4.69) is 0 Å². The Bertz CT molecular complexity index is 566. The van der Waals surface area contributed by atoms with Gasteiger partial charge in [-0.1, -0.05) is 0 Å². The van der Waals surface area contributed by atoms with Gasteiger partial charge in [-0.25, -0.2) is 13.2 Å². The maximum absolute atomic E-state index is 12.4. The molecule has 19 heavy (non-hydrogen) atoms. The lowest BCUT2D eigenvalue weighted by molar-refractivity contribution is 0.0696. The summed E-state index contributed by atoms with van der Waals surface area (Å²) in [6, 6.07) is 4.71. The molecule has 0 aliphatic carbocycles. The van der Waals surface area contributed by atoms with Crippen LogP contribution in [0, 0.1) is 0 Å². The van der Waals surface area contributed by atoms with E-state index in [1.54, 1.807) is 0 Å². The average molecular weight is 285 g/mol. The van der Waals surface area contributed by atoms with Crippen molar-refractivity contribution < 1.29 is 23.4 Å². The van der Waals surface area contributed by atoms with Crippen molar-refractivity contribution in [2.45, 2.75) is 23.8 Å². The molecule has 7 heteroatoms. The van der Waals surface area contributed by atoms with Crippen LogP contribution in [0.25, 0.3) is 0 Å². The van der Waals surface area contributed by atoms with Crippen molar-refractivity contribution in [2.75, 3.05) is 13.2 Å². The van der Waals surface area contributed by atoms with Crippen LogP contribution >= 0.6 is 0 Å². The number of aromatic carboxylic acids is 1. The number of aliphatic hydroxyl groups excluding tert-OH is 1. The molecule has 0 aromatic heterocycles. The Balaban J connectivity index is 2.31. The first-order valence-corrected chi connectivity index (χ1v) is 7.37. The summed E-state index contributed by atoms with van der Waals surface area (Å²) in [5.74, 6) is -1.10. The van der Waals surface area contributed by atoms with E-state index in [0.29, 0.717) is 13.0 Å². The molecule has 1 fully saturated rings. The van der Waals surface area contributed by atoms with Crippen LogP contribution in [0.4, 0.5) is 0 Å². The lowest BCUT2D eigenvalue weighted by Crippen LogP contribution is -2.37. The van der Waals surface area contributed by atoms with Crippen molar-refractivity contribution >= 4 is 16.0 Å². The molecular formula is C12H15NO5S. The molecule has 1 aromatic rings. The Hall–Kier alpha value is -1.44. The van der Waals surface area contributed by atoms with E-state index in [0.717, 1.165) is 6.42 Å². The monoisotopic (exact) mass is 285 g/mol. The highest BCUT2D eigenvalue weighted by Gasteiger charge is 2.34. The highest BCUT2D eigenvalue weighted by Crippen LogP contribution is 2.25. The minimum Gasteiger partial charge on any atom is -0.478 e. The third-order valence-electron chi connectivity index (χ3n) is 3.24. The van der Waals surface area contributed by atoms with Gasteiger partial charge in [-0.2, -0.15) is 4.31 Å². The fraction of sp³-hybridized carbons (Fsp3) is 0.417. The van der Waals surface area contributed by atoms with Gasteiger partial charge in [0.2, 0.25) is 10.0 Å². The number of carboxylic acid groups (broad SMARTS) is 1. The summed E-state index contributed by atoms with van der Waals surface area (Å²) < 4.78 is 26.0. The van der Waals surface area contributed by atoms with Gasteiger partial charge in [0.15, 0.2) is 0 Å². The number of aliphatic hydroxyl groups is 1. The average Bonchev–Trinajstić information content (AvgIpc) is 2.87. The smallest absolute Gasteiger partial charge is 0.335 e. The zero-order valence-electron chi connectivity index (χ0n) is 10.2. The first kappa shape index (κ1) is 14.0. The van der Waals surface area contributed by atoms with E-state index in [9.17, 15) is 18.3 Å². The van der Waals surface area contributed by atoms with Gasteiger partial charge < -0.3 is 10.2 Å². The van der Waals surface area contributed by atoms with Crippen LogP contribution in [-0.2, 0) is 10.0 Å². The molecule has 1 atom stereocenters. The molecular weight excluding hydrogens is 270 g/mol. The molecule has 2 N–H and O–H groups in total. The minimum atomic E-state index is -3.66. The van der Waals surface area contributed by atoms with Crippen LogP contribution in [0.2, 0.25) is 0 Å². The summed E-state index contributed by atoms with van der Waals surface area (Å²) in [6.45, 7) is 0.181. The molecule has 2 rings (SSSR count). The largest absolute Gasteiger partial charge is 0.478 e. The Labute approximate surface area is 111 Å². The van der Waals surface area contributed by atoms with E-state index in [4.69, 9.17) is 5.11 Å². The van der Waals surface area contributed by atoms with Crippen LogP contribution in [0.15, 0.2) is 29.2 Å². The second-order valence-corrected chi connectivity index (χ2v) is 6.31. The molecule has 1 heterocycles. The summed E-state index contributed by atoms with van der Waals surface area (Å²) in [5.41, 5.74) is 0.0408.